The summed E-state index contributed by atoms with van der Waals surface area (Å²) in [5.41, 5.74) is 7.52. The van der Waals surface area contributed by atoms with Gasteiger partial charge >= 0.3 is 35.8 Å². The number of pyridine rings is 2. The number of aromatic amines is 2. The molecule has 9 atom stereocenters. The van der Waals surface area contributed by atoms with E-state index in [9.17, 15) is 107 Å². The molecule has 18 N–H and O–H groups in total. The van der Waals surface area contributed by atoms with Gasteiger partial charge in [0.15, 0.2) is 10.9 Å². The van der Waals surface area contributed by atoms with Gasteiger partial charge < -0.3 is 88.9 Å². The van der Waals surface area contributed by atoms with E-state index >= 15 is 0 Å². The van der Waals surface area contributed by atoms with Gasteiger partial charge in [0, 0.05) is 70.2 Å². The summed E-state index contributed by atoms with van der Waals surface area (Å²) < 4.78 is 0. The second kappa shape index (κ2) is 33.7. The number of carboxylic acid groups (broad SMARTS) is 6. The standard InChI is InChI=1S/C67H73N11O22/c1-30(2)56(66(98)77-50(29-55(87)88)65(97)76-48(63(95)73-45(67(99)100)18-21-53(83)84)25-32-12-15-42-37(22-32)57(89)36-10-6-7-11-41(36)70-42)78-61(93)44(17-20-52(81)82)72-64(96)49(28-54(85)86)74-59(91)31(3)69-62(94)47(75-60(92)40(68)14-19-51(79)80)24-33-13-16-43-38(23-33)58(90)39-26-34-8-4-5-9-35(34)27-46(39)71-43/h4-13,15-16,22-23,26-27,30-31,40,44-45,47-50,56H,14,17-21,24-25,28-29,68H2,1-3H3,(H,69,94)(H,70,89)(H,71,90)(H,72,96)(H,73,95)(H,74,91)(H,75,92)(H,76,97)(H,77,98)(H,78,93)(H,79,80)(H,81,82)(H,83,84)(H,85,86)(H,87,88)(H,99,100)/t31-,40-,44-,45-,47-,48-,49-,50-,56-/m0/s1. The third-order valence-corrected chi connectivity index (χ3v) is 16.2. The molecule has 2 aromatic heterocycles. The highest BCUT2D eigenvalue weighted by molar-refractivity contribution is 6.03. The van der Waals surface area contributed by atoms with Crippen molar-refractivity contribution < 1.29 is 97.8 Å². The Labute approximate surface area is 565 Å². The predicted molar refractivity (Wildman–Crippen MR) is 356 cm³/mol. The molecule has 528 valence electrons. The van der Waals surface area contributed by atoms with E-state index in [1.807, 2.05) is 30.3 Å². The number of nitrogens with one attached hydrogen (secondary N) is 10. The molecule has 8 amide bonds. The summed E-state index contributed by atoms with van der Waals surface area (Å²) in [7, 11) is 0. The van der Waals surface area contributed by atoms with Crippen molar-refractivity contribution in [3.05, 3.63) is 129 Å². The number of rotatable bonds is 35. The number of amides is 8. The van der Waals surface area contributed by atoms with Gasteiger partial charge in [-0.2, -0.15) is 0 Å². The quantitative estimate of drug-likeness (QED) is 0.0235. The lowest BCUT2D eigenvalue weighted by Crippen LogP contribution is -2.61. The van der Waals surface area contributed by atoms with Crippen molar-refractivity contribution in [3.8, 4) is 0 Å². The fourth-order valence-electron chi connectivity index (χ4n) is 10.9. The Morgan fingerprint density at radius 1 is 0.380 bits per heavy atom. The van der Waals surface area contributed by atoms with Crippen LogP contribution in [0.2, 0.25) is 0 Å². The van der Waals surface area contributed by atoms with Crippen LogP contribution < -0.4 is 59.1 Å². The molecule has 7 aromatic rings. The highest BCUT2D eigenvalue weighted by Crippen LogP contribution is 2.24. The Morgan fingerprint density at radius 2 is 0.780 bits per heavy atom. The second-order valence-corrected chi connectivity index (χ2v) is 24.1. The highest BCUT2D eigenvalue weighted by atomic mass is 16.4. The molecular formula is C67H73N11O22. The summed E-state index contributed by atoms with van der Waals surface area (Å²) in [6, 6.07) is 10.0. The topological polar surface area (TPSA) is 548 Å². The molecule has 0 radical (unpaired) electrons. The minimum absolute atomic E-state index is 0.130. The maximum atomic E-state index is 14.2. The number of benzene rings is 5. The van der Waals surface area contributed by atoms with E-state index in [4.69, 9.17) is 5.73 Å². The second-order valence-electron chi connectivity index (χ2n) is 24.1. The van der Waals surface area contributed by atoms with Crippen molar-refractivity contribution in [3.63, 3.8) is 0 Å². The first-order chi connectivity index (χ1) is 47.3. The summed E-state index contributed by atoms with van der Waals surface area (Å²) in [5, 5.41) is 78.6. The molecule has 0 fully saturated rings. The molecule has 0 unspecified atom stereocenters. The SMILES string of the molecule is CC(C)[C@H](NC(=O)[C@H](CCC(=O)O)NC(=O)[C@H](CC(=O)O)NC(=O)[C@H](C)NC(=O)[C@H](Cc1ccc2[nH]c3cc4ccccc4cc3c(=O)c2c1)NC(=O)[C@@H](N)CCC(=O)O)C(=O)N[C@@H](CC(=O)O)C(=O)N[C@@H](Cc1ccc2[nH]c3ccccc3c(=O)c2c1)C(=O)N[C@@H](CCC(=O)O)C(=O)O. The Morgan fingerprint density at radius 3 is 1.31 bits per heavy atom. The predicted octanol–water partition coefficient (Wildman–Crippen LogP) is 0.124. The fraction of sp³-hybridized carbons (Fsp3) is 0.343. The molecule has 0 aliphatic heterocycles. The molecule has 0 saturated carbocycles. The zero-order valence-electron chi connectivity index (χ0n) is 53.9. The zero-order chi connectivity index (χ0) is 73.4. The Kier molecular flexibility index (Phi) is 25.3. The maximum Gasteiger partial charge on any atom is 0.326 e. The number of H-pyrrole nitrogens is 2. The summed E-state index contributed by atoms with van der Waals surface area (Å²) in [6.07, 6.45) is -7.16. The Hall–Kier alpha value is -12.2. The maximum absolute atomic E-state index is 14.2. The summed E-state index contributed by atoms with van der Waals surface area (Å²) in [5.74, 6) is -20.2. The van der Waals surface area contributed by atoms with Gasteiger partial charge in [-0.3, -0.25) is 71.9 Å². The van der Waals surface area contributed by atoms with Crippen molar-refractivity contribution in [2.24, 2.45) is 11.7 Å². The van der Waals surface area contributed by atoms with Gasteiger partial charge in [0.05, 0.1) is 24.4 Å². The molecule has 7 rings (SSSR count). The third kappa shape index (κ3) is 20.2. The van der Waals surface area contributed by atoms with Crippen molar-refractivity contribution in [1.29, 1.82) is 0 Å². The van der Waals surface area contributed by atoms with E-state index in [0.717, 1.165) is 17.7 Å². The first-order valence-corrected chi connectivity index (χ1v) is 31.3. The zero-order valence-corrected chi connectivity index (χ0v) is 53.9. The van der Waals surface area contributed by atoms with E-state index in [0.29, 0.717) is 38.4 Å². The van der Waals surface area contributed by atoms with Crippen LogP contribution in [-0.2, 0) is 80.0 Å². The average molecular weight is 1380 g/mol. The average Bonchev–Trinajstić information content (AvgIpc) is 0.788. The lowest BCUT2D eigenvalue weighted by molar-refractivity contribution is -0.144. The van der Waals surface area contributed by atoms with Crippen LogP contribution in [0.3, 0.4) is 0 Å². The largest absolute Gasteiger partial charge is 0.481 e. The monoisotopic (exact) mass is 1380 g/mol. The van der Waals surface area contributed by atoms with Crippen LogP contribution in [0.25, 0.3) is 54.4 Å². The lowest BCUT2D eigenvalue weighted by Gasteiger charge is -2.28. The molecule has 5 aromatic carbocycles. The lowest BCUT2D eigenvalue weighted by atomic mass is 9.99. The number of aromatic nitrogens is 2. The van der Waals surface area contributed by atoms with Gasteiger partial charge in [0.1, 0.15) is 48.3 Å². The Bertz CT molecular complexity index is 4530. The van der Waals surface area contributed by atoms with Crippen LogP contribution >= 0.6 is 0 Å². The summed E-state index contributed by atoms with van der Waals surface area (Å²) >= 11 is 0. The van der Waals surface area contributed by atoms with E-state index in [1.165, 1.54) is 38.1 Å². The van der Waals surface area contributed by atoms with Crippen LogP contribution in [0.4, 0.5) is 0 Å². The van der Waals surface area contributed by atoms with E-state index in [1.54, 1.807) is 42.5 Å². The number of nitrogens with two attached hydrogens (primary N) is 1. The van der Waals surface area contributed by atoms with Crippen LogP contribution in [-0.4, -0.2) is 178 Å². The smallest absolute Gasteiger partial charge is 0.326 e. The number of carboxylic acids is 6. The normalized spacial score (nSPS) is 14.0. The van der Waals surface area contributed by atoms with Crippen molar-refractivity contribution in [2.75, 3.05) is 0 Å². The minimum atomic E-state index is -2.11. The van der Waals surface area contributed by atoms with E-state index < -0.39 is 200 Å². The van der Waals surface area contributed by atoms with E-state index in [2.05, 4.69) is 52.5 Å². The van der Waals surface area contributed by atoms with Gasteiger partial charge in [-0.25, -0.2) is 4.79 Å². The first-order valence-electron chi connectivity index (χ1n) is 31.3. The van der Waals surface area contributed by atoms with Crippen LogP contribution in [0.15, 0.2) is 107 Å². The summed E-state index contributed by atoms with van der Waals surface area (Å²) in [4.78, 5) is 217. The van der Waals surface area contributed by atoms with Gasteiger partial charge in [-0.05, 0) is 103 Å². The molecule has 0 aliphatic rings. The molecule has 2 heterocycles. The number of hydrogen-bond donors (Lipinski definition) is 17. The molecule has 100 heavy (non-hydrogen) atoms. The molecule has 0 saturated heterocycles. The van der Waals surface area contributed by atoms with Gasteiger partial charge in [0.2, 0.25) is 47.3 Å². The number of fused-ring (bicyclic) bond motifs is 5. The fourth-order valence-corrected chi connectivity index (χ4v) is 10.9. The highest BCUT2D eigenvalue weighted by Gasteiger charge is 2.37. The molecule has 0 aliphatic carbocycles. The van der Waals surface area contributed by atoms with Crippen molar-refractivity contribution >= 4 is 137 Å². The number of para-hydroxylation sites is 1. The first kappa shape index (κ1) is 75.2. The third-order valence-electron chi connectivity index (χ3n) is 16.2. The van der Waals surface area contributed by atoms with Crippen LogP contribution in [0.1, 0.15) is 83.3 Å². The molecule has 33 nitrogen and oxygen atoms in total. The number of aliphatic carboxylic acids is 6. The van der Waals surface area contributed by atoms with Crippen molar-refractivity contribution in [1.82, 2.24) is 52.5 Å². The minimum Gasteiger partial charge on any atom is -0.481 e. The number of hydrogen-bond acceptors (Lipinski definition) is 17. The van der Waals surface area contributed by atoms with Crippen LogP contribution in [0, 0.1) is 5.92 Å². The van der Waals surface area contributed by atoms with Crippen molar-refractivity contribution in [2.45, 2.75) is 139 Å². The molecule has 0 bridgehead atoms. The molecular weight excluding hydrogens is 1310 g/mol. The van der Waals surface area contributed by atoms with E-state index in [-0.39, 0.29) is 34.6 Å². The molecule has 33 heteroatoms. The molecule has 0 spiro atoms. The van der Waals surface area contributed by atoms with Gasteiger partial charge in [-0.1, -0.05) is 62.4 Å². The van der Waals surface area contributed by atoms with Crippen LogP contribution in [0.5, 0.6) is 0 Å². The Balaban J connectivity index is 1.07. The number of carbonyl (C=O) groups is 14. The summed E-state index contributed by atoms with van der Waals surface area (Å²) in [6.45, 7) is 3.83. The van der Waals surface area contributed by atoms with Gasteiger partial charge in [-0.15, -0.1) is 0 Å². The van der Waals surface area contributed by atoms with Gasteiger partial charge in [0.25, 0.3) is 0 Å². The number of carbonyl (C=O) groups excluding carboxylic acids is 8.